The monoisotopic (exact) mass is 193 g/mol. The molecule has 2 aromatic rings. The van der Waals surface area contributed by atoms with E-state index in [0.717, 1.165) is 11.9 Å². The van der Waals surface area contributed by atoms with Crippen LogP contribution >= 0.6 is 0 Å². The molecule has 1 heterocycles. The van der Waals surface area contributed by atoms with Crippen LogP contribution in [0.1, 0.15) is 26.3 Å². The van der Waals surface area contributed by atoms with Crippen molar-refractivity contribution in [3.05, 3.63) is 24.0 Å². The van der Waals surface area contributed by atoms with Crippen LogP contribution in [0.5, 0.6) is 0 Å². The van der Waals surface area contributed by atoms with Gasteiger partial charge in [0.2, 0.25) is 0 Å². The van der Waals surface area contributed by atoms with Gasteiger partial charge in [-0.1, -0.05) is 12.1 Å². The predicted octanol–water partition coefficient (Wildman–Crippen LogP) is 2.54. The van der Waals surface area contributed by atoms with E-state index in [1.807, 2.05) is 4.68 Å². The van der Waals surface area contributed by atoms with E-state index in [0.29, 0.717) is 11.6 Å². The fraction of sp³-hybridized carbons (Fsp3) is 0.400. The van der Waals surface area contributed by atoms with Crippen LogP contribution < -0.4 is 0 Å². The molecule has 3 nitrogen and oxygen atoms in total. The Labute approximate surface area is 81.5 Å². The molecule has 2 rings (SSSR count). The molecule has 0 saturated carbocycles. The minimum absolute atomic E-state index is 0.270. The van der Waals surface area contributed by atoms with Gasteiger partial charge in [0.15, 0.2) is 0 Å². The Morgan fingerprint density at radius 3 is 3.00 bits per heavy atom. The number of nitrogens with zero attached hydrogens (tertiary/aromatic N) is 3. The zero-order chi connectivity index (χ0) is 10.1. The smallest absolute Gasteiger partial charge is 0.125 e. The van der Waals surface area contributed by atoms with Gasteiger partial charge in [0.1, 0.15) is 11.3 Å². The molecule has 1 aromatic heterocycles. The van der Waals surface area contributed by atoms with Gasteiger partial charge in [-0.2, -0.15) is 0 Å². The molecular formula is C10H12FN3. The molecule has 0 spiro atoms. The summed E-state index contributed by atoms with van der Waals surface area (Å²) in [5.41, 5.74) is 1.51. The van der Waals surface area contributed by atoms with Gasteiger partial charge in [0.25, 0.3) is 0 Å². The average molecular weight is 193 g/mol. The van der Waals surface area contributed by atoms with E-state index in [4.69, 9.17) is 0 Å². The van der Waals surface area contributed by atoms with Crippen LogP contribution in [0.4, 0.5) is 4.39 Å². The first-order valence-electron chi connectivity index (χ1n) is 4.73. The average Bonchev–Trinajstić information content (AvgIpc) is 2.59. The van der Waals surface area contributed by atoms with E-state index in [-0.39, 0.29) is 5.82 Å². The summed E-state index contributed by atoms with van der Waals surface area (Å²) in [7, 11) is 0. The van der Waals surface area contributed by atoms with Crippen molar-refractivity contribution >= 4 is 11.0 Å². The third-order valence-corrected chi connectivity index (χ3v) is 2.44. The largest absolute Gasteiger partial charge is 0.242 e. The highest BCUT2D eigenvalue weighted by Crippen LogP contribution is 2.18. The molecule has 14 heavy (non-hydrogen) atoms. The quantitative estimate of drug-likeness (QED) is 0.733. The summed E-state index contributed by atoms with van der Waals surface area (Å²) in [6.45, 7) is 4.15. The van der Waals surface area contributed by atoms with Gasteiger partial charge in [0.05, 0.1) is 11.6 Å². The zero-order valence-corrected chi connectivity index (χ0v) is 8.24. The van der Waals surface area contributed by atoms with Crippen molar-refractivity contribution in [3.8, 4) is 0 Å². The summed E-state index contributed by atoms with van der Waals surface area (Å²) >= 11 is 0. The van der Waals surface area contributed by atoms with Crippen molar-refractivity contribution < 1.29 is 4.39 Å². The lowest BCUT2D eigenvalue weighted by Gasteiger charge is -2.08. The summed E-state index contributed by atoms with van der Waals surface area (Å²) in [6, 6.07) is 4.85. The standard InChI is InChI=1S/C10H12FN3/c1-3-7(2)14-10-5-4-8(11)6-9(10)12-13-14/h4-7H,3H2,1-2H3. The molecule has 1 aromatic carbocycles. The maximum absolute atomic E-state index is 12.9. The molecule has 4 heteroatoms. The minimum atomic E-state index is -0.270. The lowest BCUT2D eigenvalue weighted by molar-refractivity contribution is 0.478. The van der Waals surface area contributed by atoms with Gasteiger partial charge in [-0.3, -0.25) is 0 Å². The van der Waals surface area contributed by atoms with E-state index in [1.165, 1.54) is 12.1 Å². The van der Waals surface area contributed by atoms with Gasteiger partial charge in [-0.25, -0.2) is 9.07 Å². The van der Waals surface area contributed by atoms with Crippen molar-refractivity contribution in [2.45, 2.75) is 26.3 Å². The van der Waals surface area contributed by atoms with E-state index in [9.17, 15) is 4.39 Å². The number of hydrogen-bond donors (Lipinski definition) is 0. The summed E-state index contributed by atoms with van der Waals surface area (Å²) in [6.07, 6.45) is 0.982. The number of halogens is 1. The lowest BCUT2D eigenvalue weighted by Crippen LogP contribution is -2.05. The van der Waals surface area contributed by atoms with Gasteiger partial charge in [-0.05, 0) is 25.5 Å². The van der Waals surface area contributed by atoms with E-state index in [1.54, 1.807) is 6.07 Å². The van der Waals surface area contributed by atoms with Gasteiger partial charge in [0, 0.05) is 6.07 Å². The number of fused-ring (bicyclic) bond motifs is 1. The number of hydrogen-bond acceptors (Lipinski definition) is 2. The van der Waals surface area contributed by atoms with Crippen molar-refractivity contribution in [2.24, 2.45) is 0 Å². The minimum Gasteiger partial charge on any atom is -0.242 e. The molecule has 0 fully saturated rings. The fourth-order valence-electron chi connectivity index (χ4n) is 1.41. The first-order chi connectivity index (χ1) is 6.72. The van der Waals surface area contributed by atoms with E-state index in [2.05, 4.69) is 24.2 Å². The molecular weight excluding hydrogens is 181 g/mol. The highest BCUT2D eigenvalue weighted by atomic mass is 19.1. The van der Waals surface area contributed by atoms with Gasteiger partial charge >= 0.3 is 0 Å². The van der Waals surface area contributed by atoms with Crippen LogP contribution in [0.3, 0.4) is 0 Å². The second-order valence-corrected chi connectivity index (χ2v) is 3.42. The van der Waals surface area contributed by atoms with Crippen LogP contribution in [-0.4, -0.2) is 15.0 Å². The molecule has 0 radical (unpaired) electrons. The number of benzene rings is 1. The van der Waals surface area contributed by atoms with E-state index < -0.39 is 0 Å². The third-order valence-electron chi connectivity index (χ3n) is 2.44. The lowest BCUT2D eigenvalue weighted by atomic mass is 10.2. The maximum atomic E-state index is 12.9. The zero-order valence-electron chi connectivity index (χ0n) is 8.24. The topological polar surface area (TPSA) is 30.7 Å². The molecule has 0 aliphatic rings. The van der Waals surface area contributed by atoms with Crippen LogP contribution in [0.2, 0.25) is 0 Å². The Bertz CT molecular complexity index is 450. The SMILES string of the molecule is CCC(C)n1nnc2cc(F)ccc21. The molecule has 0 aliphatic carbocycles. The van der Waals surface area contributed by atoms with Crippen LogP contribution in [0.15, 0.2) is 18.2 Å². The number of rotatable bonds is 2. The molecule has 0 saturated heterocycles. The van der Waals surface area contributed by atoms with Crippen LogP contribution in [-0.2, 0) is 0 Å². The van der Waals surface area contributed by atoms with Crippen LogP contribution in [0, 0.1) is 5.82 Å². The molecule has 74 valence electrons. The Kier molecular flexibility index (Phi) is 2.19. The van der Waals surface area contributed by atoms with Gasteiger partial charge in [-0.15, -0.1) is 5.10 Å². The molecule has 0 amide bonds. The molecule has 0 bridgehead atoms. The predicted molar refractivity (Wildman–Crippen MR) is 52.5 cm³/mol. The van der Waals surface area contributed by atoms with Crippen molar-refractivity contribution in [2.75, 3.05) is 0 Å². The normalized spacial score (nSPS) is 13.4. The Morgan fingerprint density at radius 1 is 1.50 bits per heavy atom. The highest BCUT2D eigenvalue weighted by Gasteiger charge is 2.09. The summed E-state index contributed by atoms with van der Waals surface area (Å²) in [5, 5.41) is 7.93. The second kappa shape index (κ2) is 3.36. The molecule has 1 unspecified atom stereocenters. The van der Waals surface area contributed by atoms with E-state index >= 15 is 0 Å². The Hall–Kier alpha value is -1.45. The summed E-state index contributed by atoms with van der Waals surface area (Å²) in [5.74, 6) is -0.270. The molecule has 1 atom stereocenters. The van der Waals surface area contributed by atoms with Crippen molar-refractivity contribution in [3.63, 3.8) is 0 Å². The first-order valence-corrected chi connectivity index (χ1v) is 4.73. The Morgan fingerprint density at radius 2 is 2.29 bits per heavy atom. The van der Waals surface area contributed by atoms with Crippen molar-refractivity contribution in [1.29, 1.82) is 0 Å². The fourth-order valence-corrected chi connectivity index (χ4v) is 1.41. The molecule has 0 N–H and O–H groups in total. The highest BCUT2D eigenvalue weighted by molar-refractivity contribution is 5.74. The molecule has 0 aliphatic heterocycles. The van der Waals surface area contributed by atoms with Gasteiger partial charge < -0.3 is 0 Å². The maximum Gasteiger partial charge on any atom is 0.125 e. The third kappa shape index (κ3) is 1.36. The Balaban J connectivity index is 2.58. The summed E-state index contributed by atoms with van der Waals surface area (Å²) < 4.78 is 14.7. The first kappa shape index (κ1) is 9.12. The van der Waals surface area contributed by atoms with Crippen molar-refractivity contribution in [1.82, 2.24) is 15.0 Å². The van der Waals surface area contributed by atoms with Crippen LogP contribution in [0.25, 0.3) is 11.0 Å². The summed E-state index contributed by atoms with van der Waals surface area (Å²) in [4.78, 5) is 0. The second-order valence-electron chi connectivity index (χ2n) is 3.42. The number of aromatic nitrogens is 3.